The minimum Gasteiger partial charge on any atom is -0.456 e. The second kappa shape index (κ2) is 13.3. The summed E-state index contributed by atoms with van der Waals surface area (Å²) in [4.78, 5) is 54.1. The number of amides is 1. The molecule has 14 heteroatoms. The largest absolute Gasteiger partial charge is 0.456 e. The Morgan fingerprint density at radius 2 is 1.70 bits per heavy atom. The molecule has 1 aromatic rings. The number of Topliss-reactive ketones (excluding diaryl/α,β-unsaturated/α-hetero) is 1. The maximum absolute atomic E-state index is 14.6. The van der Waals surface area contributed by atoms with Gasteiger partial charge in [0.25, 0.3) is 0 Å². The van der Waals surface area contributed by atoms with E-state index in [2.05, 4.69) is 5.32 Å². The lowest BCUT2D eigenvalue weighted by Gasteiger charge is -2.66. The highest BCUT2D eigenvalue weighted by Crippen LogP contribution is 2.63. The zero-order valence-electron chi connectivity index (χ0n) is 29.4. The topological polar surface area (TPSA) is 218 Å². The summed E-state index contributed by atoms with van der Waals surface area (Å²) in [7, 11) is 0. The molecule has 1 aromatic carbocycles. The van der Waals surface area contributed by atoms with E-state index in [9.17, 15) is 44.7 Å². The number of ether oxygens (including phenoxy) is 4. The molecule has 1 saturated heterocycles. The number of carbonyl (C=O) groups excluding carboxylic acids is 4. The Hall–Kier alpha value is -3.40. The molecule has 0 radical (unpaired) electrons. The fraction of sp³-hybridized carbons (Fsp3) is 0.667. The van der Waals surface area contributed by atoms with Gasteiger partial charge in [0.15, 0.2) is 11.9 Å². The Morgan fingerprint density at radius 1 is 1.06 bits per heavy atom. The molecule has 1 amide bonds. The van der Waals surface area contributed by atoms with E-state index in [0.29, 0.717) is 0 Å². The van der Waals surface area contributed by atoms with Gasteiger partial charge in [-0.15, -0.1) is 0 Å². The molecular weight excluding hydrogens is 654 g/mol. The number of hydrogen-bond acceptors (Lipinski definition) is 13. The first-order valence-corrected chi connectivity index (χ1v) is 17.0. The van der Waals surface area contributed by atoms with Crippen LogP contribution in [0.25, 0.3) is 0 Å². The molecule has 1 aliphatic heterocycles. The minimum absolute atomic E-state index is 0.0276. The van der Waals surface area contributed by atoms with Gasteiger partial charge in [-0.2, -0.15) is 0 Å². The predicted octanol–water partition coefficient (Wildman–Crippen LogP) is 1.19. The van der Waals surface area contributed by atoms with Crippen molar-refractivity contribution in [3.05, 3.63) is 47.0 Å². The molecule has 2 saturated carbocycles. The molecule has 14 nitrogen and oxygen atoms in total. The monoisotopic (exact) mass is 703 g/mol. The number of aliphatic hydroxyl groups excluding tert-OH is 3. The van der Waals surface area contributed by atoms with E-state index >= 15 is 0 Å². The van der Waals surface area contributed by atoms with E-state index in [1.165, 1.54) is 26.0 Å². The van der Waals surface area contributed by atoms with Crippen LogP contribution in [-0.2, 0) is 28.5 Å². The first-order valence-electron chi connectivity index (χ1n) is 17.0. The SMILES string of the molecule is CCOC(=O)N[C@@H](C(C)C)[C@@H](O)C(=O)OC1C[C@@]2(O)[C@@H](OC(=O)c3ccccc3)[C@@H]3[C@]4(O)CO[C@@H]4C[C@H](O)[C@@]3(C)C(=O)[C@H](O)C(=C1C)C2(C)C. The van der Waals surface area contributed by atoms with E-state index in [0.717, 1.165) is 0 Å². The van der Waals surface area contributed by atoms with E-state index < -0.39 is 107 Å². The lowest BCUT2D eigenvalue weighted by Crippen LogP contribution is -2.81. The van der Waals surface area contributed by atoms with Crippen molar-refractivity contribution in [2.75, 3.05) is 13.2 Å². The van der Waals surface area contributed by atoms with Crippen LogP contribution in [0.15, 0.2) is 41.5 Å². The lowest BCUT2D eigenvalue weighted by atomic mass is 9.44. The average molecular weight is 704 g/mol. The van der Waals surface area contributed by atoms with Crippen LogP contribution in [0.5, 0.6) is 0 Å². The molecule has 1 unspecified atom stereocenters. The van der Waals surface area contributed by atoms with Gasteiger partial charge < -0.3 is 49.8 Å². The van der Waals surface area contributed by atoms with Crippen LogP contribution in [0.4, 0.5) is 4.79 Å². The standard InChI is InChI=1S/C36H49NO13/c1-8-47-32(44)37-24(17(2)3)26(40)31(43)49-20-15-36(46)29(50-30(42)19-12-10-9-11-13-19)27-34(7,21(38)14-22-35(27,45)16-48-22)28(41)25(39)23(18(20)4)33(36,5)6/h9-13,17,20-22,24-27,29,38-40,45-46H,8,14-16H2,1-7H3,(H,37,44)/t20?,21-,22+,24-,25+,26+,27-,29-,34+,35-,36+/m0/s1. The summed E-state index contributed by atoms with van der Waals surface area (Å²) in [5.41, 5.74) is -7.39. The number of aliphatic hydroxyl groups is 5. The first-order chi connectivity index (χ1) is 23.3. The number of carbonyl (C=O) groups is 4. The highest BCUT2D eigenvalue weighted by molar-refractivity contribution is 5.94. The van der Waals surface area contributed by atoms with Gasteiger partial charge in [0.2, 0.25) is 0 Å². The molecule has 276 valence electrons. The second-order valence-corrected chi connectivity index (χ2v) is 15.1. The van der Waals surface area contributed by atoms with Crippen LogP contribution in [0.3, 0.4) is 0 Å². The number of nitrogens with one attached hydrogen (secondary N) is 1. The third kappa shape index (κ3) is 5.73. The second-order valence-electron chi connectivity index (χ2n) is 15.1. The fourth-order valence-corrected chi connectivity index (χ4v) is 8.65. The fourth-order valence-electron chi connectivity index (χ4n) is 8.65. The maximum atomic E-state index is 14.6. The predicted molar refractivity (Wildman–Crippen MR) is 174 cm³/mol. The molecular formula is C36H49NO13. The summed E-state index contributed by atoms with van der Waals surface area (Å²) < 4.78 is 22.5. The highest BCUT2D eigenvalue weighted by Gasteiger charge is 2.76. The number of hydrogen-bond donors (Lipinski definition) is 6. The van der Waals surface area contributed by atoms with Crippen LogP contribution >= 0.6 is 0 Å². The Kier molecular flexibility index (Phi) is 10.1. The zero-order chi connectivity index (χ0) is 37.1. The molecule has 4 aliphatic rings. The zero-order valence-corrected chi connectivity index (χ0v) is 29.4. The molecule has 0 aromatic heterocycles. The van der Waals surface area contributed by atoms with Crippen molar-refractivity contribution in [2.24, 2.45) is 22.7 Å². The quantitative estimate of drug-likeness (QED) is 0.128. The van der Waals surface area contributed by atoms with Gasteiger partial charge in [0.1, 0.15) is 29.5 Å². The Bertz CT molecular complexity index is 1540. The summed E-state index contributed by atoms with van der Waals surface area (Å²) >= 11 is 0. The first kappa shape index (κ1) is 37.8. The van der Waals surface area contributed by atoms with Gasteiger partial charge >= 0.3 is 18.0 Å². The lowest BCUT2D eigenvalue weighted by molar-refractivity contribution is -0.343. The number of benzene rings is 1. The molecule has 2 bridgehead atoms. The third-order valence-corrected chi connectivity index (χ3v) is 11.7. The van der Waals surface area contributed by atoms with Crippen molar-refractivity contribution < 1.29 is 63.7 Å². The third-order valence-electron chi connectivity index (χ3n) is 11.7. The van der Waals surface area contributed by atoms with Gasteiger partial charge in [-0.05, 0) is 50.0 Å². The minimum atomic E-state index is -2.27. The number of esters is 2. The molecule has 3 fully saturated rings. The van der Waals surface area contributed by atoms with Gasteiger partial charge in [-0.3, -0.25) is 4.79 Å². The van der Waals surface area contributed by atoms with Crippen molar-refractivity contribution in [2.45, 2.75) is 115 Å². The number of rotatable bonds is 8. The molecule has 1 heterocycles. The van der Waals surface area contributed by atoms with Crippen molar-refractivity contribution in [1.82, 2.24) is 5.32 Å². The number of alkyl carbamates (subject to hydrolysis) is 1. The number of fused-ring (bicyclic) bond motifs is 5. The van der Waals surface area contributed by atoms with Crippen molar-refractivity contribution in [3.63, 3.8) is 0 Å². The van der Waals surface area contributed by atoms with Crippen LogP contribution in [-0.4, -0.2) is 116 Å². The molecule has 3 aliphatic carbocycles. The molecule has 11 atom stereocenters. The Labute approximate surface area is 290 Å². The van der Waals surface area contributed by atoms with Crippen molar-refractivity contribution in [1.29, 1.82) is 0 Å². The number of ketones is 1. The summed E-state index contributed by atoms with van der Waals surface area (Å²) in [5.74, 6) is -4.91. The van der Waals surface area contributed by atoms with E-state index in [1.54, 1.807) is 52.8 Å². The van der Waals surface area contributed by atoms with Crippen LogP contribution in [0.2, 0.25) is 0 Å². The molecule has 5 rings (SSSR count). The van der Waals surface area contributed by atoms with Crippen molar-refractivity contribution in [3.8, 4) is 0 Å². The van der Waals surface area contributed by atoms with Crippen LogP contribution in [0.1, 0.15) is 71.7 Å². The van der Waals surface area contributed by atoms with Gasteiger partial charge in [0, 0.05) is 24.2 Å². The summed E-state index contributed by atoms with van der Waals surface area (Å²) in [6.45, 7) is 10.7. The summed E-state index contributed by atoms with van der Waals surface area (Å²) in [5, 5.41) is 62.3. The van der Waals surface area contributed by atoms with E-state index in [4.69, 9.17) is 18.9 Å². The summed E-state index contributed by atoms with van der Waals surface area (Å²) in [6.07, 6.45) is -10.9. The summed E-state index contributed by atoms with van der Waals surface area (Å²) in [6, 6.07) is 6.76. The highest BCUT2D eigenvalue weighted by atomic mass is 16.6. The van der Waals surface area contributed by atoms with Gasteiger partial charge in [-0.1, -0.05) is 45.9 Å². The Morgan fingerprint density at radius 3 is 2.26 bits per heavy atom. The smallest absolute Gasteiger partial charge is 0.407 e. The molecule has 0 spiro atoms. The molecule has 50 heavy (non-hydrogen) atoms. The van der Waals surface area contributed by atoms with Crippen LogP contribution in [0, 0.1) is 22.7 Å². The Balaban J connectivity index is 1.65. The average Bonchev–Trinajstić information content (AvgIpc) is 3.05. The van der Waals surface area contributed by atoms with E-state index in [1.807, 2.05) is 0 Å². The van der Waals surface area contributed by atoms with Crippen LogP contribution < -0.4 is 5.32 Å². The normalized spacial score (nSPS) is 37.2. The van der Waals surface area contributed by atoms with Gasteiger partial charge in [0.05, 0.1) is 42.4 Å². The molecule has 6 N–H and O–H groups in total. The van der Waals surface area contributed by atoms with Crippen molar-refractivity contribution >= 4 is 23.8 Å². The van der Waals surface area contributed by atoms with Gasteiger partial charge in [-0.25, -0.2) is 14.4 Å². The maximum Gasteiger partial charge on any atom is 0.407 e. The van der Waals surface area contributed by atoms with E-state index in [-0.39, 0.29) is 36.3 Å².